The van der Waals surface area contributed by atoms with Crippen molar-refractivity contribution in [1.82, 2.24) is 0 Å². The largest absolute Gasteiger partial charge is 0.304 e. The molecule has 0 radical (unpaired) electrons. The zero-order valence-electron chi connectivity index (χ0n) is 8.01. The molecule has 70 valence electrons. The Morgan fingerprint density at radius 3 is 1.75 bits per heavy atom. The lowest BCUT2D eigenvalue weighted by molar-refractivity contribution is -0.106. The summed E-state index contributed by atoms with van der Waals surface area (Å²) >= 11 is 4.64. The van der Waals surface area contributed by atoms with Crippen molar-refractivity contribution in [2.75, 3.05) is 6.38 Å². The summed E-state index contributed by atoms with van der Waals surface area (Å²) in [5.41, 5.74) is 1.15. The Morgan fingerprint density at radius 1 is 1.33 bits per heavy atom. The van der Waals surface area contributed by atoms with Crippen LogP contribution in [0.1, 0.15) is 13.8 Å². The molecule has 0 aliphatic heterocycles. The third kappa shape index (κ3) is 35.2. The molecule has 1 nitrogen and oxygen atoms in total. The van der Waals surface area contributed by atoms with Crippen molar-refractivity contribution in [3.63, 3.8) is 0 Å². The van der Waals surface area contributed by atoms with Crippen LogP contribution in [0.5, 0.6) is 0 Å². The molecule has 0 N–H and O–H groups in total. The first-order valence-electron chi connectivity index (χ1n) is 3.42. The minimum absolute atomic E-state index is 0.750. The zero-order valence-corrected chi connectivity index (χ0v) is 8.77. The summed E-state index contributed by atoms with van der Waals surface area (Å²) in [6, 6.07) is 0. The van der Waals surface area contributed by atoms with E-state index in [9.17, 15) is 0 Å². The van der Waals surface area contributed by atoms with E-state index in [1.165, 1.54) is 13.3 Å². The quantitative estimate of drug-likeness (QED) is 0.369. The van der Waals surface area contributed by atoms with E-state index in [1.54, 1.807) is 12.2 Å². The molecule has 0 bridgehead atoms. The van der Waals surface area contributed by atoms with Crippen LogP contribution in [-0.4, -0.2) is 12.7 Å². The van der Waals surface area contributed by atoms with Crippen LogP contribution in [0.4, 0.5) is 0 Å². The number of alkyl halides is 1. The van der Waals surface area contributed by atoms with Gasteiger partial charge in [0.15, 0.2) is 0 Å². The highest BCUT2D eigenvalue weighted by Crippen LogP contribution is 1.90. The standard InChI is InChI=1S/C7H10.C2H4O.CH3Cl/c1-4-6-7(3)5-2;1-2-3;1-2/h4-6H,1-2H2,3H3;2H,1H3;1H3/b7-6-;;. The van der Waals surface area contributed by atoms with Gasteiger partial charge in [-0.15, -0.1) is 11.6 Å². The molecule has 0 rings (SSSR count). The number of hydrogen-bond acceptors (Lipinski definition) is 1. The van der Waals surface area contributed by atoms with Crippen LogP contribution >= 0.6 is 11.6 Å². The monoisotopic (exact) mass is 188 g/mol. The normalized spacial score (nSPS) is 7.83. The van der Waals surface area contributed by atoms with Gasteiger partial charge in [-0.25, -0.2) is 0 Å². The van der Waals surface area contributed by atoms with Gasteiger partial charge >= 0.3 is 0 Å². The van der Waals surface area contributed by atoms with E-state index in [1.807, 2.05) is 13.0 Å². The van der Waals surface area contributed by atoms with Crippen LogP contribution in [0, 0.1) is 0 Å². The summed E-state index contributed by atoms with van der Waals surface area (Å²) in [4.78, 5) is 8.81. The van der Waals surface area contributed by atoms with Gasteiger partial charge < -0.3 is 4.79 Å². The van der Waals surface area contributed by atoms with E-state index in [0.29, 0.717) is 0 Å². The van der Waals surface area contributed by atoms with E-state index < -0.39 is 0 Å². The fourth-order valence-corrected chi connectivity index (χ4v) is 0.254. The smallest absolute Gasteiger partial charge is 0.116 e. The highest BCUT2D eigenvalue weighted by Gasteiger charge is 1.68. The molecule has 0 fully saturated rings. The number of allylic oxidation sites excluding steroid dienone is 4. The molecule has 0 atom stereocenters. The van der Waals surface area contributed by atoms with Gasteiger partial charge in [-0.1, -0.05) is 37.0 Å². The first-order valence-corrected chi connectivity index (χ1v) is 4.17. The summed E-state index contributed by atoms with van der Waals surface area (Å²) in [7, 11) is 0. The fraction of sp³-hybridized carbons (Fsp3) is 0.300. The third-order valence-electron chi connectivity index (χ3n) is 0.703. The van der Waals surface area contributed by atoms with Crippen LogP contribution in [0.25, 0.3) is 0 Å². The molecule has 0 aliphatic carbocycles. The summed E-state index contributed by atoms with van der Waals surface area (Å²) in [6.07, 6.45) is 7.67. The van der Waals surface area contributed by atoms with Gasteiger partial charge in [-0.05, 0) is 13.8 Å². The third-order valence-corrected chi connectivity index (χ3v) is 0.703. The molecular formula is C10H17ClO. The van der Waals surface area contributed by atoms with E-state index in [0.717, 1.165) is 11.9 Å². The summed E-state index contributed by atoms with van der Waals surface area (Å²) in [6.45, 7) is 10.5. The molecule has 0 heterocycles. The van der Waals surface area contributed by atoms with Crippen LogP contribution in [0.2, 0.25) is 0 Å². The average Bonchev–Trinajstić information content (AvgIpc) is 2.10. The van der Waals surface area contributed by atoms with Gasteiger partial charge in [-0.3, -0.25) is 0 Å². The molecule has 12 heavy (non-hydrogen) atoms. The Morgan fingerprint density at radius 2 is 1.67 bits per heavy atom. The lowest BCUT2D eigenvalue weighted by atomic mass is 10.3. The molecule has 0 unspecified atom stereocenters. The van der Waals surface area contributed by atoms with Crippen molar-refractivity contribution in [2.45, 2.75) is 13.8 Å². The lowest BCUT2D eigenvalue weighted by Crippen LogP contribution is -1.58. The number of aldehydes is 1. The van der Waals surface area contributed by atoms with E-state index in [2.05, 4.69) is 24.8 Å². The van der Waals surface area contributed by atoms with Crippen LogP contribution < -0.4 is 0 Å². The van der Waals surface area contributed by atoms with Gasteiger partial charge in [0.2, 0.25) is 0 Å². The van der Waals surface area contributed by atoms with Crippen molar-refractivity contribution in [3.8, 4) is 0 Å². The SMILES string of the molecule is C=C/C=C(/C)C=C.CC=O.CCl. The Labute approximate surface area is 80.4 Å². The molecule has 0 aromatic heterocycles. The Kier molecular flexibility index (Phi) is 32.4. The highest BCUT2D eigenvalue weighted by molar-refractivity contribution is 6.15. The minimum atomic E-state index is 0.750. The molecule has 0 saturated heterocycles. The van der Waals surface area contributed by atoms with E-state index >= 15 is 0 Å². The maximum atomic E-state index is 8.81. The lowest BCUT2D eigenvalue weighted by Gasteiger charge is -1.80. The van der Waals surface area contributed by atoms with E-state index in [-0.39, 0.29) is 0 Å². The molecule has 0 aliphatic rings. The summed E-state index contributed by atoms with van der Waals surface area (Å²) in [5.74, 6) is 0. The Balaban J connectivity index is -0.000000137. The van der Waals surface area contributed by atoms with E-state index in [4.69, 9.17) is 4.79 Å². The Hall–Kier alpha value is -0.820. The molecule has 2 heteroatoms. The van der Waals surface area contributed by atoms with Crippen molar-refractivity contribution in [1.29, 1.82) is 0 Å². The molecule has 0 aromatic rings. The zero-order chi connectivity index (χ0) is 10.4. The molecule has 0 spiro atoms. The summed E-state index contributed by atoms with van der Waals surface area (Å²) in [5, 5.41) is 0. The van der Waals surface area contributed by atoms with Gasteiger partial charge in [-0.2, -0.15) is 0 Å². The summed E-state index contributed by atoms with van der Waals surface area (Å²) < 4.78 is 0. The maximum absolute atomic E-state index is 8.81. The maximum Gasteiger partial charge on any atom is 0.116 e. The van der Waals surface area contributed by atoms with Crippen molar-refractivity contribution in [3.05, 3.63) is 37.0 Å². The second-order valence-corrected chi connectivity index (χ2v) is 1.59. The Bertz CT molecular complexity index is 137. The van der Waals surface area contributed by atoms with Gasteiger partial charge in [0.05, 0.1) is 0 Å². The number of carbonyl (C=O) groups excluding carboxylic acids is 1. The fourth-order valence-electron chi connectivity index (χ4n) is 0.254. The van der Waals surface area contributed by atoms with Crippen LogP contribution in [0.15, 0.2) is 37.0 Å². The molecular weight excluding hydrogens is 172 g/mol. The first-order chi connectivity index (χ1) is 5.72. The first kappa shape index (κ1) is 17.3. The van der Waals surface area contributed by atoms with Gasteiger partial charge in [0.1, 0.15) is 6.29 Å². The topological polar surface area (TPSA) is 17.1 Å². The van der Waals surface area contributed by atoms with Crippen molar-refractivity contribution >= 4 is 17.9 Å². The van der Waals surface area contributed by atoms with Crippen molar-refractivity contribution < 1.29 is 4.79 Å². The number of carbonyl (C=O) groups is 1. The molecule has 0 aromatic carbocycles. The average molecular weight is 189 g/mol. The minimum Gasteiger partial charge on any atom is -0.304 e. The number of rotatable bonds is 2. The second kappa shape index (κ2) is 22.5. The predicted octanol–water partition coefficient (Wildman–Crippen LogP) is 3.36. The highest BCUT2D eigenvalue weighted by atomic mass is 35.5. The van der Waals surface area contributed by atoms with Gasteiger partial charge in [0, 0.05) is 6.38 Å². The molecule has 0 saturated carbocycles. The van der Waals surface area contributed by atoms with Crippen LogP contribution in [0.3, 0.4) is 0 Å². The second-order valence-electron chi connectivity index (χ2n) is 1.59. The number of hydrogen-bond donors (Lipinski definition) is 0. The number of halogens is 1. The van der Waals surface area contributed by atoms with Crippen molar-refractivity contribution in [2.24, 2.45) is 0 Å². The van der Waals surface area contributed by atoms with Crippen LogP contribution in [-0.2, 0) is 4.79 Å². The molecule has 0 amide bonds. The predicted molar refractivity (Wildman–Crippen MR) is 57.7 cm³/mol. The van der Waals surface area contributed by atoms with Gasteiger partial charge in [0.25, 0.3) is 0 Å².